The normalized spacial score (nSPS) is 10.5. The van der Waals surface area contributed by atoms with Crippen molar-refractivity contribution in [3.05, 3.63) is 76.7 Å². The SMILES string of the molecule is COc1ccc(Nc2nc(NCc3ccco3)nc(N/N=C/c3cc(Br)ccc3O)n2)cc1.Cl. The van der Waals surface area contributed by atoms with E-state index in [0.717, 1.165) is 21.7 Å². The minimum Gasteiger partial charge on any atom is -0.507 e. The Kier molecular flexibility index (Phi) is 8.66. The molecule has 0 radical (unpaired) electrons. The number of aromatic nitrogens is 3. The van der Waals surface area contributed by atoms with Gasteiger partial charge in [-0.25, -0.2) is 5.43 Å². The van der Waals surface area contributed by atoms with E-state index in [4.69, 9.17) is 9.15 Å². The fourth-order valence-corrected chi connectivity index (χ4v) is 3.11. The van der Waals surface area contributed by atoms with Crippen LogP contribution < -0.4 is 20.8 Å². The molecule has 0 spiro atoms. The van der Waals surface area contributed by atoms with Crippen LogP contribution in [0.5, 0.6) is 11.5 Å². The Morgan fingerprint density at radius 3 is 2.56 bits per heavy atom. The van der Waals surface area contributed by atoms with Gasteiger partial charge >= 0.3 is 0 Å². The van der Waals surface area contributed by atoms with Crippen molar-refractivity contribution in [2.45, 2.75) is 6.54 Å². The van der Waals surface area contributed by atoms with E-state index in [1.165, 1.54) is 6.21 Å². The highest BCUT2D eigenvalue weighted by atomic mass is 79.9. The largest absolute Gasteiger partial charge is 0.507 e. The van der Waals surface area contributed by atoms with Crippen LogP contribution in [-0.4, -0.2) is 33.4 Å². The van der Waals surface area contributed by atoms with Gasteiger partial charge in [-0.15, -0.1) is 12.4 Å². The third-order valence-corrected chi connectivity index (χ3v) is 4.83. The van der Waals surface area contributed by atoms with E-state index in [1.807, 2.05) is 30.3 Å². The molecule has 2 heterocycles. The first-order chi connectivity index (χ1) is 16.1. The fourth-order valence-electron chi connectivity index (χ4n) is 2.73. The summed E-state index contributed by atoms with van der Waals surface area (Å²) in [6.45, 7) is 0.396. The standard InChI is InChI=1S/C22H20BrN7O3.ClH/c1-32-17-7-5-16(6-8-17)26-21-27-20(24-13-18-3-2-10-33-18)28-22(29-21)30-25-12-14-11-15(23)4-9-19(14)31;/h2-12,31H,13H2,1H3,(H3,24,26,27,28,29,30);1H/b25-12+;. The molecule has 4 rings (SSSR count). The molecule has 0 bridgehead atoms. The van der Waals surface area contributed by atoms with Crippen LogP contribution >= 0.6 is 28.3 Å². The van der Waals surface area contributed by atoms with E-state index in [-0.39, 0.29) is 24.1 Å². The second kappa shape index (κ2) is 11.9. The Morgan fingerprint density at radius 1 is 1.06 bits per heavy atom. The second-order valence-corrected chi connectivity index (χ2v) is 7.58. The molecule has 4 aromatic rings. The van der Waals surface area contributed by atoms with E-state index in [1.54, 1.807) is 37.6 Å². The van der Waals surface area contributed by atoms with Crippen LogP contribution in [0.25, 0.3) is 0 Å². The van der Waals surface area contributed by atoms with Gasteiger partial charge in [0.1, 0.15) is 17.3 Å². The molecule has 10 nitrogen and oxygen atoms in total. The molecule has 0 fully saturated rings. The van der Waals surface area contributed by atoms with Crippen LogP contribution in [0.15, 0.2) is 74.9 Å². The van der Waals surface area contributed by atoms with Crippen LogP contribution in [0.1, 0.15) is 11.3 Å². The van der Waals surface area contributed by atoms with Gasteiger partial charge in [-0.1, -0.05) is 15.9 Å². The number of furan rings is 1. The quantitative estimate of drug-likeness (QED) is 0.166. The molecule has 0 aliphatic carbocycles. The molecule has 4 N–H and O–H groups in total. The van der Waals surface area contributed by atoms with Crippen molar-refractivity contribution in [2.24, 2.45) is 5.10 Å². The molecule has 0 aliphatic heterocycles. The maximum absolute atomic E-state index is 9.96. The van der Waals surface area contributed by atoms with Gasteiger partial charge in [0.15, 0.2) is 0 Å². The van der Waals surface area contributed by atoms with Crippen molar-refractivity contribution in [3.63, 3.8) is 0 Å². The summed E-state index contributed by atoms with van der Waals surface area (Å²) in [4.78, 5) is 13.1. The first-order valence-electron chi connectivity index (χ1n) is 9.80. The number of anilines is 4. The number of hydrazone groups is 1. The number of nitrogens with zero attached hydrogens (tertiary/aromatic N) is 4. The topological polar surface area (TPSA) is 130 Å². The van der Waals surface area contributed by atoms with Gasteiger partial charge in [-0.05, 0) is 54.6 Å². The van der Waals surface area contributed by atoms with Crippen LogP contribution in [-0.2, 0) is 6.54 Å². The van der Waals surface area contributed by atoms with E-state index in [9.17, 15) is 5.11 Å². The van der Waals surface area contributed by atoms with Gasteiger partial charge in [0, 0.05) is 15.7 Å². The number of rotatable bonds is 9. The number of aromatic hydroxyl groups is 1. The molecule has 2 aromatic carbocycles. The summed E-state index contributed by atoms with van der Waals surface area (Å²) >= 11 is 3.37. The molecule has 0 atom stereocenters. The van der Waals surface area contributed by atoms with Crippen LogP contribution in [0.4, 0.5) is 23.5 Å². The zero-order chi connectivity index (χ0) is 23.0. The lowest BCUT2D eigenvalue weighted by molar-refractivity contribution is 0.415. The summed E-state index contributed by atoms with van der Waals surface area (Å²) in [6.07, 6.45) is 3.07. The second-order valence-electron chi connectivity index (χ2n) is 6.67. The Labute approximate surface area is 210 Å². The number of methoxy groups -OCH3 is 1. The first kappa shape index (κ1) is 24.8. The van der Waals surface area contributed by atoms with Gasteiger partial charge in [0.05, 0.1) is 26.1 Å². The lowest BCUT2D eigenvalue weighted by Gasteiger charge is -2.10. The van der Waals surface area contributed by atoms with Crippen molar-refractivity contribution in [1.29, 1.82) is 0 Å². The highest BCUT2D eigenvalue weighted by molar-refractivity contribution is 9.10. The Morgan fingerprint density at radius 2 is 1.82 bits per heavy atom. The zero-order valence-corrected chi connectivity index (χ0v) is 20.3. The number of halogens is 2. The molecule has 0 saturated carbocycles. The molecular weight excluding hydrogens is 526 g/mol. The maximum Gasteiger partial charge on any atom is 0.250 e. The fraction of sp³-hybridized carbons (Fsp3) is 0.0909. The highest BCUT2D eigenvalue weighted by Gasteiger charge is 2.08. The summed E-state index contributed by atoms with van der Waals surface area (Å²) in [5.41, 5.74) is 4.07. The molecule has 0 aliphatic rings. The number of hydrogen-bond donors (Lipinski definition) is 4. The molecule has 2 aromatic heterocycles. The molecule has 0 amide bonds. The minimum atomic E-state index is 0. The lowest BCUT2D eigenvalue weighted by atomic mass is 10.2. The molecule has 176 valence electrons. The summed E-state index contributed by atoms with van der Waals surface area (Å²) in [5, 5.41) is 20.3. The summed E-state index contributed by atoms with van der Waals surface area (Å²) in [7, 11) is 1.61. The molecule has 34 heavy (non-hydrogen) atoms. The monoisotopic (exact) mass is 545 g/mol. The highest BCUT2D eigenvalue weighted by Crippen LogP contribution is 2.21. The predicted octanol–water partition coefficient (Wildman–Crippen LogP) is 5.16. The number of hydrogen-bond acceptors (Lipinski definition) is 10. The average Bonchev–Trinajstić information content (AvgIpc) is 3.34. The summed E-state index contributed by atoms with van der Waals surface area (Å²) in [5.74, 6) is 2.40. The number of ether oxygens (including phenoxy) is 1. The molecular formula is C22H21BrClN7O3. The minimum absolute atomic E-state index is 0. The van der Waals surface area contributed by atoms with E-state index < -0.39 is 0 Å². The summed E-state index contributed by atoms with van der Waals surface area (Å²) in [6, 6.07) is 16.0. The third-order valence-electron chi connectivity index (χ3n) is 4.34. The smallest absolute Gasteiger partial charge is 0.250 e. The maximum atomic E-state index is 9.96. The van der Waals surface area contributed by atoms with Crippen LogP contribution in [0.2, 0.25) is 0 Å². The molecule has 0 unspecified atom stereocenters. The molecule has 0 saturated heterocycles. The van der Waals surface area contributed by atoms with Gasteiger partial charge in [-0.3, -0.25) is 0 Å². The van der Waals surface area contributed by atoms with Crippen molar-refractivity contribution in [3.8, 4) is 11.5 Å². The van der Waals surface area contributed by atoms with Crippen molar-refractivity contribution < 1.29 is 14.3 Å². The van der Waals surface area contributed by atoms with Crippen molar-refractivity contribution in [2.75, 3.05) is 23.2 Å². The Balaban J connectivity index is 0.00000324. The number of nitrogens with one attached hydrogen (secondary N) is 3. The lowest BCUT2D eigenvalue weighted by Crippen LogP contribution is -2.09. The van der Waals surface area contributed by atoms with Crippen molar-refractivity contribution >= 4 is 58.1 Å². The van der Waals surface area contributed by atoms with Gasteiger partial charge in [0.2, 0.25) is 17.8 Å². The van der Waals surface area contributed by atoms with Gasteiger partial charge < -0.3 is 24.9 Å². The van der Waals surface area contributed by atoms with Crippen LogP contribution in [0.3, 0.4) is 0 Å². The third kappa shape index (κ3) is 6.83. The average molecular weight is 547 g/mol. The van der Waals surface area contributed by atoms with E-state index in [2.05, 4.69) is 52.0 Å². The number of phenols is 1. The Bertz CT molecular complexity index is 1240. The van der Waals surface area contributed by atoms with E-state index in [0.29, 0.717) is 24.0 Å². The number of phenolic OH excluding ortho intramolecular Hbond substituents is 1. The Hall–Kier alpha value is -3.83. The predicted molar refractivity (Wildman–Crippen MR) is 136 cm³/mol. The summed E-state index contributed by atoms with van der Waals surface area (Å²) < 4.78 is 11.3. The van der Waals surface area contributed by atoms with Crippen LogP contribution in [0, 0.1) is 0 Å². The zero-order valence-electron chi connectivity index (χ0n) is 17.9. The van der Waals surface area contributed by atoms with Gasteiger partial charge in [0.25, 0.3) is 0 Å². The van der Waals surface area contributed by atoms with E-state index >= 15 is 0 Å². The van der Waals surface area contributed by atoms with Crippen molar-refractivity contribution in [1.82, 2.24) is 15.0 Å². The first-order valence-corrected chi connectivity index (χ1v) is 10.6. The molecule has 12 heteroatoms. The number of benzene rings is 2. The van der Waals surface area contributed by atoms with Gasteiger partial charge in [-0.2, -0.15) is 20.1 Å².